The van der Waals surface area contributed by atoms with Crippen LogP contribution in [-0.4, -0.2) is 104 Å². The van der Waals surface area contributed by atoms with Gasteiger partial charge >= 0.3 is 0 Å². The van der Waals surface area contributed by atoms with E-state index in [0.29, 0.717) is 16.7 Å². The number of likely N-dealkylation sites (N-methyl/N-ethyl adjacent to an activating group) is 1. The number of anilines is 1. The molecule has 8 nitrogen and oxygen atoms in total. The minimum Gasteiger partial charge on any atom is -0.362 e. The molecule has 0 bridgehead atoms. The minimum atomic E-state index is -2.93. The van der Waals surface area contributed by atoms with Gasteiger partial charge in [0.2, 0.25) is 5.91 Å². The summed E-state index contributed by atoms with van der Waals surface area (Å²) in [4.78, 5) is 31.3. The van der Waals surface area contributed by atoms with Gasteiger partial charge in [0.05, 0.1) is 30.3 Å². The highest BCUT2D eigenvalue weighted by Crippen LogP contribution is 2.33. The number of piperidine rings is 1. The average Bonchev–Trinajstić information content (AvgIpc) is 2.74. The van der Waals surface area contributed by atoms with E-state index in [2.05, 4.69) is 30.1 Å². The first-order valence-corrected chi connectivity index (χ1v) is 10.8. The van der Waals surface area contributed by atoms with E-state index in [-0.39, 0.29) is 25.4 Å². The summed E-state index contributed by atoms with van der Waals surface area (Å²) in [6, 6.07) is 2.94. The summed E-state index contributed by atoms with van der Waals surface area (Å²) >= 11 is 0. The lowest BCUT2D eigenvalue weighted by Gasteiger charge is -2.39. The lowest BCUT2D eigenvalue weighted by molar-refractivity contribution is -0.124. The third kappa shape index (κ3) is 5.18. The minimum absolute atomic E-state index is 0.212. The molecule has 0 unspecified atom stereocenters. The number of carbonyl (C=O) groups is 1. The van der Waals surface area contributed by atoms with Crippen LogP contribution in [0.5, 0.6) is 0 Å². The molecule has 0 saturated carbocycles. The first-order chi connectivity index (χ1) is 15.3. The number of aliphatic imine (C=N–C) groups is 1. The van der Waals surface area contributed by atoms with Crippen LogP contribution >= 0.6 is 0 Å². The Bertz CT molecular complexity index is 991. The van der Waals surface area contributed by atoms with Crippen molar-refractivity contribution in [2.24, 2.45) is 4.99 Å². The van der Waals surface area contributed by atoms with Gasteiger partial charge in [0.15, 0.2) is 0 Å². The largest absolute Gasteiger partial charge is 0.362 e. The van der Waals surface area contributed by atoms with Crippen LogP contribution in [0.25, 0.3) is 11.0 Å². The van der Waals surface area contributed by atoms with Gasteiger partial charge in [-0.1, -0.05) is 0 Å². The topological polar surface area (TPSA) is 77.0 Å². The number of hydrogen-bond donors (Lipinski definition) is 1. The van der Waals surface area contributed by atoms with E-state index in [1.807, 2.05) is 13.1 Å². The number of rotatable bonds is 5. The average molecular weight is 446 g/mol. The monoisotopic (exact) mass is 445 g/mol. The molecule has 0 spiro atoms. The number of hydrogen-bond acceptors (Lipinski definition) is 7. The van der Waals surface area contributed by atoms with Crippen molar-refractivity contribution in [2.75, 3.05) is 64.8 Å². The second kappa shape index (κ2) is 9.41. The fourth-order valence-corrected chi connectivity index (χ4v) is 4.42. The molecular weight excluding hydrogens is 416 g/mol. The van der Waals surface area contributed by atoms with E-state index in [1.54, 1.807) is 36.6 Å². The van der Waals surface area contributed by atoms with Gasteiger partial charge in [0.1, 0.15) is 5.52 Å². The van der Waals surface area contributed by atoms with Crippen molar-refractivity contribution in [2.45, 2.75) is 18.4 Å². The number of nitrogens with one attached hydrogen (secondary N) is 1. The van der Waals surface area contributed by atoms with Gasteiger partial charge in [-0.25, -0.2) is 8.78 Å². The molecule has 1 aromatic heterocycles. The molecule has 1 atom stereocenters. The standard InChI is InChI=1S/C22H29F2N7O/c1-25-12-16-3-4-18(21-20(16)26-5-6-27-21)31-13-17(11-22(23,24)15-31)28-19(32)14-30-9-7-29(2)8-10-30/h3-6,12,17H,7-11,13-15H2,1-2H3,(H,28,32)/b25-12-/t17-/m1/s1. The molecule has 4 rings (SSSR count). The maximum absolute atomic E-state index is 14.7. The van der Waals surface area contributed by atoms with Crippen LogP contribution in [0, 0.1) is 0 Å². The first-order valence-electron chi connectivity index (χ1n) is 10.8. The Kier molecular flexibility index (Phi) is 6.61. The quantitative estimate of drug-likeness (QED) is 0.699. The number of carbonyl (C=O) groups excluding carboxylic acids is 1. The summed E-state index contributed by atoms with van der Waals surface area (Å²) < 4.78 is 29.4. The number of piperazine rings is 1. The van der Waals surface area contributed by atoms with Crippen molar-refractivity contribution in [3.05, 3.63) is 30.1 Å². The van der Waals surface area contributed by atoms with Crippen LogP contribution in [0.4, 0.5) is 14.5 Å². The third-order valence-electron chi connectivity index (χ3n) is 5.98. The Hall–Kier alpha value is -2.72. The first kappa shape index (κ1) is 22.5. The molecule has 1 aromatic carbocycles. The van der Waals surface area contributed by atoms with E-state index in [0.717, 1.165) is 31.7 Å². The maximum Gasteiger partial charge on any atom is 0.267 e. The molecule has 32 heavy (non-hydrogen) atoms. The van der Waals surface area contributed by atoms with Crippen molar-refractivity contribution < 1.29 is 13.6 Å². The number of aromatic nitrogens is 2. The summed E-state index contributed by atoms with van der Waals surface area (Å²) in [6.07, 6.45) is 4.43. The van der Waals surface area contributed by atoms with Crippen LogP contribution in [0.2, 0.25) is 0 Å². The van der Waals surface area contributed by atoms with Gasteiger partial charge < -0.3 is 15.1 Å². The highest BCUT2D eigenvalue weighted by atomic mass is 19.3. The van der Waals surface area contributed by atoms with Gasteiger partial charge in [0.25, 0.3) is 5.92 Å². The van der Waals surface area contributed by atoms with Gasteiger partial charge in [-0.2, -0.15) is 0 Å². The molecule has 1 amide bonds. The molecular formula is C22H29F2N7O. The molecule has 2 aliphatic heterocycles. The molecule has 2 aromatic rings. The Morgan fingerprint density at radius 2 is 1.94 bits per heavy atom. The van der Waals surface area contributed by atoms with E-state index in [1.165, 1.54) is 0 Å². The Morgan fingerprint density at radius 1 is 1.22 bits per heavy atom. The van der Waals surface area contributed by atoms with E-state index in [4.69, 9.17) is 0 Å². The zero-order valence-electron chi connectivity index (χ0n) is 18.5. The fraction of sp³-hybridized carbons (Fsp3) is 0.545. The maximum atomic E-state index is 14.7. The van der Waals surface area contributed by atoms with Crippen molar-refractivity contribution in [3.8, 4) is 0 Å². The van der Waals surface area contributed by atoms with E-state index in [9.17, 15) is 13.6 Å². The molecule has 1 N–H and O–H groups in total. The van der Waals surface area contributed by atoms with E-state index < -0.39 is 18.5 Å². The molecule has 0 aliphatic carbocycles. The van der Waals surface area contributed by atoms with Crippen LogP contribution in [0.1, 0.15) is 12.0 Å². The number of alkyl halides is 2. The second-order valence-electron chi connectivity index (χ2n) is 8.60. The van der Waals surface area contributed by atoms with Crippen LogP contribution in [0.15, 0.2) is 29.5 Å². The summed E-state index contributed by atoms with van der Waals surface area (Å²) in [7, 11) is 3.71. The van der Waals surface area contributed by atoms with E-state index >= 15 is 0 Å². The molecule has 3 heterocycles. The fourth-order valence-electron chi connectivity index (χ4n) is 4.42. The predicted octanol–water partition coefficient (Wildman–Crippen LogP) is 1.26. The Balaban J connectivity index is 1.51. The van der Waals surface area contributed by atoms with Crippen molar-refractivity contribution in [3.63, 3.8) is 0 Å². The number of halogens is 2. The number of nitrogens with zero attached hydrogens (tertiary/aromatic N) is 6. The lowest BCUT2D eigenvalue weighted by atomic mass is 10.0. The van der Waals surface area contributed by atoms with Crippen LogP contribution in [0.3, 0.4) is 0 Å². The van der Waals surface area contributed by atoms with Crippen LogP contribution < -0.4 is 10.2 Å². The predicted molar refractivity (Wildman–Crippen MR) is 121 cm³/mol. The number of fused-ring (bicyclic) bond motifs is 1. The van der Waals surface area contributed by atoms with Crippen molar-refractivity contribution in [1.29, 1.82) is 0 Å². The summed E-state index contributed by atoms with van der Waals surface area (Å²) in [6.45, 7) is 3.49. The highest BCUT2D eigenvalue weighted by Gasteiger charge is 2.41. The zero-order chi connectivity index (χ0) is 22.7. The molecule has 2 fully saturated rings. The molecule has 0 radical (unpaired) electrons. The Morgan fingerprint density at radius 3 is 2.66 bits per heavy atom. The highest BCUT2D eigenvalue weighted by molar-refractivity contribution is 6.01. The Labute approximate surface area is 186 Å². The van der Waals surface area contributed by atoms with Gasteiger partial charge in [-0.3, -0.25) is 24.7 Å². The second-order valence-corrected chi connectivity index (χ2v) is 8.60. The molecule has 10 heteroatoms. The lowest BCUT2D eigenvalue weighted by Crippen LogP contribution is -2.57. The van der Waals surface area contributed by atoms with Gasteiger partial charge in [-0.15, -0.1) is 0 Å². The van der Waals surface area contributed by atoms with Crippen LogP contribution in [-0.2, 0) is 4.79 Å². The van der Waals surface area contributed by atoms with Gasteiger partial charge in [0, 0.05) is 70.4 Å². The van der Waals surface area contributed by atoms with Crippen molar-refractivity contribution in [1.82, 2.24) is 25.1 Å². The zero-order valence-corrected chi connectivity index (χ0v) is 18.5. The molecule has 2 saturated heterocycles. The van der Waals surface area contributed by atoms with Gasteiger partial charge in [-0.05, 0) is 19.2 Å². The normalized spacial score (nSPS) is 22.5. The number of amides is 1. The smallest absolute Gasteiger partial charge is 0.267 e. The number of benzene rings is 1. The summed E-state index contributed by atoms with van der Waals surface area (Å²) in [5.41, 5.74) is 2.52. The SMILES string of the molecule is C/N=C\c1ccc(N2C[C@H](NC(=O)CN3CCN(C)CC3)CC(F)(F)C2)c2nccnc12. The third-order valence-corrected chi connectivity index (χ3v) is 5.98. The summed E-state index contributed by atoms with van der Waals surface area (Å²) in [5, 5.41) is 2.84. The summed E-state index contributed by atoms with van der Waals surface area (Å²) in [5.74, 6) is -3.14. The molecule has 2 aliphatic rings. The molecule has 172 valence electrons. The van der Waals surface area contributed by atoms with Crippen molar-refractivity contribution >= 4 is 28.8 Å².